The van der Waals surface area contributed by atoms with E-state index >= 15 is 0 Å². The van der Waals surface area contributed by atoms with E-state index < -0.39 is 0 Å². The molecule has 0 spiro atoms. The van der Waals surface area contributed by atoms with E-state index in [1.54, 1.807) is 0 Å². The molecule has 0 saturated carbocycles. The molecule has 2 aromatic carbocycles. The van der Waals surface area contributed by atoms with Gasteiger partial charge in [0.25, 0.3) is 0 Å². The summed E-state index contributed by atoms with van der Waals surface area (Å²) in [7, 11) is 0. The van der Waals surface area contributed by atoms with E-state index in [0.717, 1.165) is 0 Å². The zero-order chi connectivity index (χ0) is 12.5. The van der Waals surface area contributed by atoms with Crippen LogP contribution in [0.2, 0.25) is 0 Å². The molecular weight excluding hydrogens is 218 g/mol. The lowest BCUT2D eigenvalue weighted by molar-refractivity contribution is 0.629. The second-order valence-electron chi connectivity index (χ2n) is 4.92. The summed E-state index contributed by atoms with van der Waals surface area (Å²) in [5, 5.41) is 1.31. The van der Waals surface area contributed by atoms with Crippen molar-refractivity contribution in [2.75, 3.05) is 0 Å². The molecular formula is C17H17N. The molecule has 18 heavy (non-hydrogen) atoms. The number of para-hydroxylation sites is 1. The highest BCUT2D eigenvalue weighted by atomic mass is 15.0. The highest BCUT2D eigenvalue weighted by molar-refractivity contribution is 5.87. The molecule has 0 amide bonds. The van der Waals surface area contributed by atoms with Crippen LogP contribution in [0, 0.1) is 0 Å². The Kier molecular flexibility index (Phi) is 2.67. The first kappa shape index (κ1) is 11.1. The van der Waals surface area contributed by atoms with Crippen LogP contribution in [-0.2, 0) is 0 Å². The van der Waals surface area contributed by atoms with Crippen LogP contribution in [0.15, 0.2) is 60.7 Å². The third-order valence-corrected chi connectivity index (χ3v) is 3.33. The fraction of sp³-hybridized carbons (Fsp3) is 0.176. The molecule has 0 unspecified atom stereocenters. The van der Waals surface area contributed by atoms with Crippen LogP contribution < -0.4 is 0 Å². The Hall–Kier alpha value is -2.02. The molecule has 1 aromatic heterocycles. The number of rotatable bonds is 2. The lowest BCUT2D eigenvalue weighted by Crippen LogP contribution is -2.02. The van der Waals surface area contributed by atoms with Gasteiger partial charge in [0.1, 0.15) is 0 Å². The first-order valence-corrected chi connectivity index (χ1v) is 6.43. The summed E-state index contributed by atoms with van der Waals surface area (Å²) in [5.41, 5.74) is 3.89. The van der Waals surface area contributed by atoms with Gasteiger partial charge in [0.2, 0.25) is 0 Å². The minimum absolute atomic E-state index is 0.458. The van der Waals surface area contributed by atoms with Crippen LogP contribution in [-0.4, -0.2) is 4.57 Å². The summed E-state index contributed by atoms with van der Waals surface area (Å²) in [6.45, 7) is 4.47. The third kappa shape index (κ3) is 1.72. The number of fused-ring (bicyclic) bond motifs is 1. The van der Waals surface area contributed by atoms with E-state index in [9.17, 15) is 0 Å². The fourth-order valence-corrected chi connectivity index (χ4v) is 2.56. The summed E-state index contributed by atoms with van der Waals surface area (Å²) in [6.07, 6.45) is 0. The molecule has 1 heteroatoms. The monoisotopic (exact) mass is 235 g/mol. The van der Waals surface area contributed by atoms with E-state index in [-0.39, 0.29) is 0 Å². The van der Waals surface area contributed by atoms with Crippen molar-refractivity contribution >= 4 is 10.9 Å². The Bertz CT molecular complexity index is 662. The average Bonchev–Trinajstić information content (AvgIpc) is 2.79. The molecule has 3 aromatic rings. The highest BCUT2D eigenvalue weighted by Crippen LogP contribution is 2.30. The minimum atomic E-state index is 0.458. The van der Waals surface area contributed by atoms with E-state index in [2.05, 4.69) is 79.1 Å². The van der Waals surface area contributed by atoms with Crippen molar-refractivity contribution in [3.05, 3.63) is 60.7 Å². The lowest BCUT2D eigenvalue weighted by atomic mass is 10.1. The molecule has 0 fully saturated rings. The molecule has 0 aliphatic heterocycles. The lowest BCUT2D eigenvalue weighted by Gasteiger charge is -2.14. The highest BCUT2D eigenvalue weighted by Gasteiger charge is 2.11. The summed E-state index contributed by atoms with van der Waals surface area (Å²) in [5.74, 6) is 0. The van der Waals surface area contributed by atoms with Gasteiger partial charge in [-0.1, -0.05) is 48.5 Å². The first-order valence-electron chi connectivity index (χ1n) is 6.43. The minimum Gasteiger partial charge on any atom is -0.338 e. The number of benzene rings is 2. The van der Waals surface area contributed by atoms with Gasteiger partial charge in [-0.25, -0.2) is 0 Å². The molecule has 0 bridgehead atoms. The number of hydrogen-bond donors (Lipinski definition) is 0. The van der Waals surface area contributed by atoms with Crippen molar-refractivity contribution in [1.29, 1.82) is 0 Å². The standard InChI is InChI=1S/C17H17N/c1-13(2)18-16-11-7-6-10-15(16)12-17(18)14-8-4-3-5-9-14/h3-13H,1-2H3. The molecule has 0 radical (unpaired) electrons. The van der Waals surface area contributed by atoms with Crippen molar-refractivity contribution in [2.24, 2.45) is 0 Å². The fourth-order valence-electron chi connectivity index (χ4n) is 2.56. The summed E-state index contributed by atoms with van der Waals surface area (Å²) < 4.78 is 2.41. The molecule has 1 heterocycles. The van der Waals surface area contributed by atoms with Gasteiger partial charge < -0.3 is 4.57 Å². The number of aromatic nitrogens is 1. The summed E-state index contributed by atoms with van der Waals surface area (Å²) in [4.78, 5) is 0. The van der Waals surface area contributed by atoms with Gasteiger partial charge in [-0.3, -0.25) is 0 Å². The molecule has 0 atom stereocenters. The van der Waals surface area contributed by atoms with Crippen LogP contribution in [0.4, 0.5) is 0 Å². The van der Waals surface area contributed by atoms with Crippen molar-refractivity contribution in [3.63, 3.8) is 0 Å². The van der Waals surface area contributed by atoms with Gasteiger partial charge in [-0.15, -0.1) is 0 Å². The second-order valence-corrected chi connectivity index (χ2v) is 4.92. The van der Waals surface area contributed by atoms with Crippen LogP contribution in [0.5, 0.6) is 0 Å². The third-order valence-electron chi connectivity index (χ3n) is 3.33. The van der Waals surface area contributed by atoms with Gasteiger partial charge in [-0.05, 0) is 31.5 Å². The van der Waals surface area contributed by atoms with E-state index in [1.807, 2.05) is 0 Å². The van der Waals surface area contributed by atoms with E-state index in [4.69, 9.17) is 0 Å². The van der Waals surface area contributed by atoms with Gasteiger partial charge >= 0.3 is 0 Å². The molecule has 90 valence electrons. The van der Waals surface area contributed by atoms with Crippen molar-refractivity contribution in [2.45, 2.75) is 19.9 Å². The molecule has 0 aliphatic carbocycles. The molecule has 0 aliphatic rings. The number of nitrogens with zero attached hydrogens (tertiary/aromatic N) is 1. The average molecular weight is 235 g/mol. The van der Waals surface area contributed by atoms with Crippen LogP contribution in [0.3, 0.4) is 0 Å². The zero-order valence-corrected chi connectivity index (χ0v) is 10.8. The largest absolute Gasteiger partial charge is 0.338 e. The zero-order valence-electron chi connectivity index (χ0n) is 10.8. The van der Waals surface area contributed by atoms with Gasteiger partial charge in [0.15, 0.2) is 0 Å². The van der Waals surface area contributed by atoms with Gasteiger partial charge in [-0.2, -0.15) is 0 Å². The van der Waals surface area contributed by atoms with E-state index in [0.29, 0.717) is 6.04 Å². The quantitative estimate of drug-likeness (QED) is 0.596. The predicted molar refractivity (Wildman–Crippen MR) is 77.8 cm³/mol. The topological polar surface area (TPSA) is 4.93 Å². The van der Waals surface area contributed by atoms with Crippen LogP contribution in [0.1, 0.15) is 19.9 Å². The molecule has 3 rings (SSSR count). The van der Waals surface area contributed by atoms with Gasteiger partial charge in [0, 0.05) is 22.6 Å². The smallest absolute Gasteiger partial charge is 0.0493 e. The van der Waals surface area contributed by atoms with Crippen LogP contribution >= 0.6 is 0 Å². The Labute approximate surface area is 108 Å². The summed E-state index contributed by atoms with van der Waals surface area (Å²) >= 11 is 0. The summed E-state index contributed by atoms with van der Waals surface area (Å²) in [6, 6.07) is 21.9. The molecule has 1 nitrogen and oxygen atoms in total. The normalized spacial score (nSPS) is 11.3. The molecule has 0 saturated heterocycles. The maximum Gasteiger partial charge on any atom is 0.0493 e. The molecule has 0 N–H and O–H groups in total. The van der Waals surface area contributed by atoms with Gasteiger partial charge in [0.05, 0.1) is 0 Å². The maximum atomic E-state index is 2.41. The van der Waals surface area contributed by atoms with Crippen molar-refractivity contribution in [1.82, 2.24) is 4.57 Å². The Morgan fingerprint density at radius 3 is 2.22 bits per heavy atom. The predicted octanol–water partition coefficient (Wildman–Crippen LogP) is 4.89. The second kappa shape index (κ2) is 4.34. The maximum absolute atomic E-state index is 2.41. The SMILES string of the molecule is CC(C)n1c(-c2ccccc2)cc2ccccc21. The Morgan fingerprint density at radius 1 is 0.833 bits per heavy atom. The first-order chi connectivity index (χ1) is 8.77. The van der Waals surface area contributed by atoms with E-state index in [1.165, 1.54) is 22.2 Å². The van der Waals surface area contributed by atoms with Crippen LogP contribution in [0.25, 0.3) is 22.2 Å². The Morgan fingerprint density at radius 2 is 1.50 bits per heavy atom. The van der Waals surface area contributed by atoms with Crippen molar-refractivity contribution < 1.29 is 0 Å². The Balaban J connectivity index is 2.32. The van der Waals surface area contributed by atoms with Crippen molar-refractivity contribution in [3.8, 4) is 11.3 Å². The number of hydrogen-bond acceptors (Lipinski definition) is 0.